The summed E-state index contributed by atoms with van der Waals surface area (Å²) in [6.45, 7) is 8.95. The monoisotopic (exact) mass is 436 g/mol. The van der Waals surface area contributed by atoms with Gasteiger partial charge in [-0.3, -0.25) is 4.98 Å². The molecule has 2 aromatic heterocycles. The van der Waals surface area contributed by atoms with Gasteiger partial charge in [-0.15, -0.1) is 15.7 Å². The van der Waals surface area contributed by atoms with Gasteiger partial charge in [0.1, 0.15) is 14.8 Å². The van der Waals surface area contributed by atoms with Gasteiger partial charge in [0.15, 0.2) is 0 Å². The highest BCUT2D eigenvalue weighted by atomic mass is 32.2. The van der Waals surface area contributed by atoms with Gasteiger partial charge in [-0.2, -0.15) is 0 Å². The lowest BCUT2D eigenvalue weighted by atomic mass is 10.0. The lowest BCUT2D eigenvalue weighted by Gasteiger charge is -2.16. The normalized spacial score (nSPS) is 15.7. The number of carbonyl (C=O) groups is 1. The molecule has 3 rings (SSSR count). The van der Waals surface area contributed by atoms with Gasteiger partial charge in [-0.05, 0) is 57.6 Å². The molecule has 7 nitrogen and oxygen atoms in total. The van der Waals surface area contributed by atoms with Crippen molar-refractivity contribution in [3.8, 4) is 0 Å². The topological polar surface area (TPSA) is 105 Å². The Bertz CT molecular complexity index is 1060. The maximum atomic E-state index is 13.4. The lowest BCUT2D eigenvalue weighted by molar-refractivity contribution is 0.0783. The number of nitrogens with one attached hydrogen (secondary N) is 1. The number of urea groups is 1. The summed E-state index contributed by atoms with van der Waals surface area (Å²) in [4.78, 5) is 21.7. The van der Waals surface area contributed by atoms with E-state index in [9.17, 15) is 14.1 Å². The predicted octanol–water partition coefficient (Wildman–Crippen LogP) is 4.20. The number of thiazole rings is 1. The number of nitrogens with zero attached hydrogens (tertiary/aromatic N) is 3. The van der Waals surface area contributed by atoms with Crippen molar-refractivity contribution in [2.75, 3.05) is 11.1 Å². The minimum atomic E-state index is -2.97. The summed E-state index contributed by atoms with van der Waals surface area (Å²) >= 11 is 1.13. The molecule has 0 radical (unpaired) electrons. The van der Waals surface area contributed by atoms with Gasteiger partial charge >= 0.3 is 6.03 Å². The van der Waals surface area contributed by atoms with E-state index in [0.29, 0.717) is 9.22 Å². The zero-order valence-electron chi connectivity index (χ0n) is 17.5. The molecule has 9 heteroatoms. The van der Waals surface area contributed by atoms with Crippen LogP contribution >= 0.6 is 11.3 Å². The van der Waals surface area contributed by atoms with Gasteiger partial charge in [0.25, 0.3) is 0 Å². The summed E-state index contributed by atoms with van der Waals surface area (Å²) in [5.74, 6) is 0.183. The molecule has 0 bridgehead atoms. The Kier molecular flexibility index (Phi) is 6.12. The maximum absolute atomic E-state index is 13.4. The molecule has 0 aromatic carbocycles. The minimum Gasteiger partial charge on any atom is -0.383 e. The van der Waals surface area contributed by atoms with Crippen LogP contribution in [0.2, 0.25) is 0 Å². The number of amides is 2. The number of rotatable bonds is 5. The van der Waals surface area contributed by atoms with Gasteiger partial charge in [0, 0.05) is 17.1 Å². The van der Waals surface area contributed by atoms with E-state index in [1.54, 1.807) is 20.8 Å². The molecular formula is C20H28N4O3S2. The third-order valence-corrected chi connectivity index (χ3v) is 9.17. The zero-order chi connectivity index (χ0) is 21.4. The number of anilines is 1. The largest absolute Gasteiger partial charge is 0.383 e. The molecule has 1 aliphatic carbocycles. The number of aromatic nitrogens is 2. The average molecular weight is 437 g/mol. The molecule has 0 fully saturated rings. The fourth-order valence-electron chi connectivity index (χ4n) is 3.54. The van der Waals surface area contributed by atoms with E-state index in [1.807, 2.05) is 13.8 Å². The first kappa shape index (κ1) is 21.9. The van der Waals surface area contributed by atoms with Crippen LogP contribution in [0.25, 0.3) is 0 Å². The van der Waals surface area contributed by atoms with E-state index in [1.165, 1.54) is 6.20 Å². The second kappa shape index (κ2) is 8.12. The van der Waals surface area contributed by atoms with Crippen molar-refractivity contribution in [3.05, 3.63) is 33.7 Å². The van der Waals surface area contributed by atoms with Gasteiger partial charge in [0.2, 0.25) is 0 Å². The zero-order valence-corrected chi connectivity index (χ0v) is 19.2. The number of hydrogen-bond acceptors (Lipinski definition) is 6. The number of carbonyl (C=O) groups excluding carboxylic acids is 1. The molecule has 2 amide bonds. The summed E-state index contributed by atoms with van der Waals surface area (Å²) in [5.41, 5.74) is 3.66. The molecule has 2 N–H and O–H groups in total. The van der Waals surface area contributed by atoms with Gasteiger partial charge in [-0.25, -0.2) is 14.0 Å². The summed E-state index contributed by atoms with van der Waals surface area (Å²) < 4.78 is 17.9. The molecule has 2 aromatic rings. The highest BCUT2D eigenvalue weighted by molar-refractivity contribution is 7.95. The van der Waals surface area contributed by atoms with E-state index in [-0.39, 0.29) is 5.75 Å². The first-order chi connectivity index (χ1) is 13.6. The van der Waals surface area contributed by atoms with Crippen molar-refractivity contribution in [2.45, 2.75) is 70.1 Å². The van der Waals surface area contributed by atoms with E-state index >= 15 is 0 Å². The third kappa shape index (κ3) is 4.36. The Hall–Kier alpha value is -1.84. The van der Waals surface area contributed by atoms with Crippen molar-refractivity contribution in [1.82, 2.24) is 9.97 Å². The predicted molar refractivity (Wildman–Crippen MR) is 116 cm³/mol. The summed E-state index contributed by atoms with van der Waals surface area (Å²) in [6, 6.07) is -0.621. The van der Waals surface area contributed by atoms with Gasteiger partial charge in [0.05, 0.1) is 21.6 Å². The van der Waals surface area contributed by atoms with Crippen LogP contribution in [0.1, 0.15) is 61.6 Å². The number of fused-ring (bicyclic) bond motifs is 1. The van der Waals surface area contributed by atoms with Crippen LogP contribution in [0.15, 0.2) is 14.8 Å². The Morgan fingerprint density at radius 2 is 2.10 bits per heavy atom. The van der Waals surface area contributed by atoms with E-state index in [0.717, 1.165) is 65.2 Å². The van der Waals surface area contributed by atoms with Crippen LogP contribution in [0.3, 0.4) is 0 Å². The quantitative estimate of drug-likeness (QED) is 0.731. The molecule has 158 valence electrons. The SMILES string of the molecule is CCc1c(C)nc2c(c1NC(=O)N=S(=O)(CC)c1cnc(C(C)(C)O)s1)CCC2. The molecule has 1 aliphatic rings. The van der Waals surface area contributed by atoms with Crippen molar-refractivity contribution >= 4 is 32.8 Å². The highest BCUT2D eigenvalue weighted by Crippen LogP contribution is 2.33. The lowest BCUT2D eigenvalue weighted by Crippen LogP contribution is -2.16. The Balaban J connectivity index is 1.98. The number of hydrogen-bond donors (Lipinski definition) is 2. The molecule has 0 aliphatic heterocycles. The molecule has 2 heterocycles. The van der Waals surface area contributed by atoms with E-state index in [4.69, 9.17) is 0 Å². The van der Waals surface area contributed by atoms with Crippen LogP contribution in [0.5, 0.6) is 0 Å². The second-order valence-corrected chi connectivity index (χ2v) is 11.4. The summed E-state index contributed by atoms with van der Waals surface area (Å²) in [6.07, 6.45) is 4.99. The van der Waals surface area contributed by atoms with Crippen LogP contribution in [-0.4, -0.2) is 31.1 Å². The standard InChI is InChI=1S/C20H28N4O3S2/c1-6-13-12(3)22-15-10-8-9-14(15)17(13)23-19(25)24-29(27,7-2)16-11-21-18(28-16)20(4,5)26/h11,26H,6-10H2,1-5H3,(H,22,23,25). The van der Waals surface area contributed by atoms with Gasteiger partial charge < -0.3 is 10.4 Å². The summed E-state index contributed by atoms with van der Waals surface area (Å²) in [5, 5.41) is 13.5. The second-order valence-electron chi connectivity index (χ2n) is 7.68. The minimum absolute atomic E-state index is 0.183. The molecule has 1 unspecified atom stereocenters. The fourth-order valence-corrected chi connectivity index (χ4v) is 6.45. The third-order valence-electron chi connectivity index (χ3n) is 5.06. The molecule has 0 spiro atoms. The Morgan fingerprint density at radius 1 is 1.38 bits per heavy atom. The van der Waals surface area contributed by atoms with Crippen molar-refractivity contribution in [1.29, 1.82) is 0 Å². The average Bonchev–Trinajstić information content (AvgIpc) is 3.30. The molecule has 1 atom stereocenters. The molecular weight excluding hydrogens is 408 g/mol. The highest BCUT2D eigenvalue weighted by Gasteiger charge is 2.26. The van der Waals surface area contributed by atoms with Crippen LogP contribution < -0.4 is 5.32 Å². The smallest absolute Gasteiger partial charge is 0.353 e. The first-order valence-electron chi connectivity index (χ1n) is 9.84. The Labute approximate surface area is 176 Å². The molecule has 0 saturated heterocycles. The van der Waals surface area contributed by atoms with E-state index in [2.05, 4.69) is 19.6 Å². The number of aryl methyl sites for hydroxylation is 2. The van der Waals surface area contributed by atoms with Gasteiger partial charge in [-0.1, -0.05) is 13.8 Å². The van der Waals surface area contributed by atoms with Crippen molar-refractivity contribution in [3.63, 3.8) is 0 Å². The Morgan fingerprint density at radius 3 is 2.69 bits per heavy atom. The van der Waals surface area contributed by atoms with E-state index < -0.39 is 21.4 Å². The van der Waals surface area contributed by atoms with Crippen LogP contribution in [0.4, 0.5) is 10.5 Å². The fraction of sp³-hybridized carbons (Fsp3) is 0.550. The van der Waals surface area contributed by atoms with Crippen LogP contribution in [-0.2, 0) is 34.6 Å². The first-order valence-corrected chi connectivity index (χ1v) is 12.3. The van der Waals surface area contributed by atoms with Crippen molar-refractivity contribution in [2.24, 2.45) is 4.36 Å². The summed E-state index contributed by atoms with van der Waals surface area (Å²) in [7, 11) is -2.97. The maximum Gasteiger partial charge on any atom is 0.353 e. The molecule has 0 saturated carbocycles. The number of pyridine rings is 1. The van der Waals surface area contributed by atoms with Crippen LogP contribution in [0, 0.1) is 6.92 Å². The van der Waals surface area contributed by atoms with Crippen molar-refractivity contribution < 1.29 is 14.1 Å². The number of aliphatic hydroxyl groups is 1. The molecule has 29 heavy (non-hydrogen) atoms.